The van der Waals surface area contributed by atoms with E-state index in [4.69, 9.17) is 4.74 Å². The number of alkyl halides is 2. The molecule has 4 unspecified atom stereocenters. The van der Waals surface area contributed by atoms with Gasteiger partial charge < -0.3 is 9.47 Å². The van der Waals surface area contributed by atoms with Gasteiger partial charge in [-0.2, -0.15) is 8.78 Å². The Morgan fingerprint density at radius 1 is 0.793 bits per heavy atom. The molecule has 3 aliphatic carbocycles. The Kier molecular flexibility index (Phi) is 7.10. The minimum absolute atomic E-state index is 0.261. The van der Waals surface area contributed by atoms with Gasteiger partial charge in [0, 0.05) is 6.61 Å². The number of benzene rings is 1. The first-order chi connectivity index (χ1) is 14.1. The third-order valence-corrected chi connectivity index (χ3v) is 8.02. The summed E-state index contributed by atoms with van der Waals surface area (Å²) in [6, 6.07) is 7.38. The fraction of sp³-hybridized carbons (Fsp3) is 0.760. The second-order valence-electron chi connectivity index (χ2n) is 9.54. The van der Waals surface area contributed by atoms with E-state index in [-0.39, 0.29) is 5.75 Å². The van der Waals surface area contributed by atoms with E-state index in [9.17, 15) is 8.78 Å². The zero-order chi connectivity index (χ0) is 20.2. The van der Waals surface area contributed by atoms with Gasteiger partial charge >= 0.3 is 6.61 Å². The Bertz CT molecular complexity index is 624. The van der Waals surface area contributed by atoms with E-state index in [1.165, 1.54) is 69.8 Å². The highest BCUT2D eigenvalue weighted by molar-refractivity contribution is 5.30. The highest BCUT2D eigenvalue weighted by Crippen LogP contribution is 2.50. The number of hydrogen-bond acceptors (Lipinski definition) is 2. The Labute approximate surface area is 174 Å². The van der Waals surface area contributed by atoms with Crippen LogP contribution in [0.5, 0.6) is 5.75 Å². The molecule has 2 nitrogen and oxygen atoms in total. The molecule has 1 aromatic rings. The van der Waals surface area contributed by atoms with Crippen LogP contribution in [0.2, 0.25) is 0 Å². The molecule has 0 heterocycles. The third-order valence-electron chi connectivity index (χ3n) is 8.02. The van der Waals surface area contributed by atoms with Crippen LogP contribution in [0.25, 0.3) is 0 Å². The molecule has 1 aromatic carbocycles. The van der Waals surface area contributed by atoms with Crippen LogP contribution in [0.3, 0.4) is 0 Å². The second-order valence-corrected chi connectivity index (χ2v) is 9.54. The average molecular weight is 407 g/mol. The van der Waals surface area contributed by atoms with Crippen LogP contribution in [-0.4, -0.2) is 19.3 Å². The van der Waals surface area contributed by atoms with Gasteiger partial charge in [-0.25, -0.2) is 0 Å². The van der Waals surface area contributed by atoms with Crippen molar-refractivity contribution in [3.63, 3.8) is 0 Å². The number of halogens is 2. The summed E-state index contributed by atoms with van der Waals surface area (Å²) in [5.74, 6) is 4.44. The summed E-state index contributed by atoms with van der Waals surface area (Å²) < 4.78 is 35.0. The van der Waals surface area contributed by atoms with Crippen LogP contribution in [0.1, 0.15) is 82.6 Å². The predicted molar refractivity (Wildman–Crippen MR) is 111 cm³/mol. The van der Waals surface area contributed by atoms with Gasteiger partial charge in [-0.15, -0.1) is 0 Å². The van der Waals surface area contributed by atoms with Gasteiger partial charge in [0.1, 0.15) is 5.75 Å². The van der Waals surface area contributed by atoms with E-state index >= 15 is 0 Å². The molecule has 4 heteroatoms. The maximum Gasteiger partial charge on any atom is 0.387 e. The minimum atomic E-state index is -2.75. The van der Waals surface area contributed by atoms with Crippen molar-refractivity contribution in [1.29, 1.82) is 0 Å². The molecule has 0 saturated heterocycles. The van der Waals surface area contributed by atoms with Gasteiger partial charge in [-0.1, -0.05) is 12.1 Å². The summed E-state index contributed by atoms with van der Waals surface area (Å²) in [7, 11) is 0. The van der Waals surface area contributed by atoms with Crippen LogP contribution in [-0.2, 0) is 4.74 Å². The summed E-state index contributed by atoms with van der Waals surface area (Å²) >= 11 is 0. The van der Waals surface area contributed by atoms with Crippen LogP contribution < -0.4 is 4.74 Å². The number of ether oxygens (including phenoxy) is 2. The van der Waals surface area contributed by atoms with Crippen molar-refractivity contribution in [3.05, 3.63) is 29.8 Å². The highest BCUT2D eigenvalue weighted by atomic mass is 19.3. The third kappa shape index (κ3) is 5.31. The molecule has 0 spiro atoms. The van der Waals surface area contributed by atoms with Gasteiger partial charge in [0.2, 0.25) is 0 Å². The molecule has 3 saturated carbocycles. The Balaban J connectivity index is 1.27. The number of rotatable bonds is 6. The van der Waals surface area contributed by atoms with E-state index in [2.05, 4.69) is 11.7 Å². The molecule has 0 N–H and O–H groups in total. The Hall–Kier alpha value is -1.16. The molecule has 4 rings (SSSR count). The number of fused-ring (bicyclic) bond motifs is 1. The van der Waals surface area contributed by atoms with Crippen LogP contribution in [0.4, 0.5) is 8.78 Å². The molecule has 0 radical (unpaired) electrons. The van der Waals surface area contributed by atoms with Crippen molar-refractivity contribution < 1.29 is 18.3 Å². The Morgan fingerprint density at radius 2 is 1.38 bits per heavy atom. The van der Waals surface area contributed by atoms with E-state index < -0.39 is 6.61 Å². The molecule has 4 atom stereocenters. The Morgan fingerprint density at radius 3 is 2.03 bits per heavy atom. The highest BCUT2D eigenvalue weighted by Gasteiger charge is 2.39. The first-order valence-corrected chi connectivity index (χ1v) is 11.8. The van der Waals surface area contributed by atoms with E-state index in [0.29, 0.717) is 12.0 Å². The predicted octanol–water partition coefficient (Wildman–Crippen LogP) is 7.18. The molecule has 3 aliphatic rings. The lowest BCUT2D eigenvalue weighted by Gasteiger charge is -2.45. The van der Waals surface area contributed by atoms with Gasteiger partial charge in [-0.3, -0.25) is 0 Å². The molecule has 0 amide bonds. The molecule has 0 aromatic heterocycles. The fourth-order valence-electron chi connectivity index (χ4n) is 6.54. The maximum absolute atomic E-state index is 12.4. The van der Waals surface area contributed by atoms with Crippen molar-refractivity contribution in [2.75, 3.05) is 6.61 Å². The van der Waals surface area contributed by atoms with Crippen molar-refractivity contribution in [3.8, 4) is 5.75 Å². The van der Waals surface area contributed by atoms with E-state index in [0.717, 1.165) is 30.3 Å². The lowest BCUT2D eigenvalue weighted by Crippen LogP contribution is -2.35. The van der Waals surface area contributed by atoms with Gasteiger partial charge in [0.05, 0.1) is 6.10 Å². The SMILES string of the molecule is CCOC1CCC(C2CCC3CC(c4ccc(OC(F)F)cc4)CCC3C2)CC1. The summed E-state index contributed by atoms with van der Waals surface area (Å²) in [5, 5.41) is 0. The molecule has 3 fully saturated rings. The maximum atomic E-state index is 12.4. The van der Waals surface area contributed by atoms with Crippen molar-refractivity contribution >= 4 is 0 Å². The van der Waals surface area contributed by atoms with Gasteiger partial charge in [0.15, 0.2) is 0 Å². The van der Waals surface area contributed by atoms with Crippen molar-refractivity contribution in [2.45, 2.75) is 89.8 Å². The molecular weight excluding hydrogens is 370 g/mol. The first-order valence-electron chi connectivity index (χ1n) is 11.8. The van der Waals surface area contributed by atoms with E-state index in [1.54, 1.807) is 12.1 Å². The zero-order valence-corrected chi connectivity index (χ0v) is 17.7. The quantitative estimate of drug-likeness (QED) is 0.498. The minimum Gasteiger partial charge on any atom is -0.435 e. The summed E-state index contributed by atoms with van der Waals surface area (Å²) in [6.07, 6.45) is 13.8. The molecule has 0 aliphatic heterocycles. The standard InChI is InChI=1S/C25H36F2O2/c1-2-28-23-11-7-17(8-12-23)19-3-5-22-16-20(4-6-21(22)15-19)18-9-13-24(14-10-18)29-25(26)27/h9-10,13-14,17,19-23,25H,2-8,11-12,15-16H2,1H3. The van der Waals surface area contributed by atoms with Crippen LogP contribution in [0, 0.1) is 23.7 Å². The number of hydrogen-bond donors (Lipinski definition) is 0. The summed E-state index contributed by atoms with van der Waals surface area (Å²) in [5.41, 5.74) is 1.29. The average Bonchev–Trinajstić information content (AvgIpc) is 2.74. The largest absolute Gasteiger partial charge is 0.435 e. The van der Waals surface area contributed by atoms with E-state index in [1.807, 2.05) is 12.1 Å². The molecular formula is C25H36F2O2. The summed E-state index contributed by atoms with van der Waals surface area (Å²) in [6.45, 7) is 0.210. The smallest absolute Gasteiger partial charge is 0.387 e. The molecule has 29 heavy (non-hydrogen) atoms. The molecule has 0 bridgehead atoms. The van der Waals surface area contributed by atoms with Gasteiger partial charge in [0.25, 0.3) is 0 Å². The zero-order valence-electron chi connectivity index (χ0n) is 17.7. The molecule has 162 valence electrons. The topological polar surface area (TPSA) is 18.5 Å². The second kappa shape index (κ2) is 9.76. The first kappa shape index (κ1) is 21.1. The fourth-order valence-corrected chi connectivity index (χ4v) is 6.54. The van der Waals surface area contributed by atoms with Crippen molar-refractivity contribution in [1.82, 2.24) is 0 Å². The van der Waals surface area contributed by atoms with Crippen LogP contribution in [0.15, 0.2) is 24.3 Å². The van der Waals surface area contributed by atoms with Crippen LogP contribution >= 0.6 is 0 Å². The summed E-state index contributed by atoms with van der Waals surface area (Å²) in [4.78, 5) is 0. The lowest BCUT2D eigenvalue weighted by molar-refractivity contribution is -0.0498. The van der Waals surface area contributed by atoms with Gasteiger partial charge in [-0.05, 0) is 118 Å². The monoisotopic (exact) mass is 406 g/mol. The lowest BCUT2D eigenvalue weighted by atomic mass is 9.60. The van der Waals surface area contributed by atoms with Crippen molar-refractivity contribution in [2.24, 2.45) is 23.7 Å². The normalized spacial score (nSPS) is 35.3.